The fraction of sp³-hybridized carbons (Fsp3) is 0.292. The first-order valence-corrected chi connectivity index (χ1v) is 13.0. The molecule has 1 aliphatic rings. The maximum atomic E-state index is 13.2. The van der Waals surface area contributed by atoms with E-state index >= 15 is 0 Å². The topological polar surface area (TPSA) is 171 Å². The fourth-order valence-electron chi connectivity index (χ4n) is 4.19. The van der Waals surface area contributed by atoms with Gasteiger partial charge in [-0.25, -0.2) is 15.1 Å². The van der Waals surface area contributed by atoms with Crippen LogP contribution in [-0.2, 0) is 25.8 Å². The second-order valence-corrected chi connectivity index (χ2v) is 9.93. The molecule has 0 radical (unpaired) electrons. The van der Waals surface area contributed by atoms with Gasteiger partial charge in [0.15, 0.2) is 0 Å². The third-order valence-corrected chi connectivity index (χ3v) is 6.37. The van der Waals surface area contributed by atoms with Gasteiger partial charge in [-0.15, -0.1) is 0 Å². The maximum absolute atomic E-state index is 13.2. The predicted octanol–water partition coefficient (Wildman–Crippen LogP) is 1.88. The molecule has 2 heterocycles. The van der Waals surface area contributed by atoms with Crippen LogP contribution in [0.2, 0.25) is 0 Å². The molecule has 0 aliphatic heterocycles. The average molecular weight is 526 g/mol. The molecule has 2 aromatic heterocycles. The number of rotatable bonds is 11. The molecular weight excluding hydrogens is 498 g/mol. The van der Waals surface area contributed by atoms with E-state index < -0.39 is 10.3 Å². The molecule has 194 valence electrons. The van der Waals surface area contributed by atoms with Crippen molar-refractivity contribution in [1.29, 1.82) is 0 Å². The molecule has 0 spiro atoms. The molecule has 0 saturated heterocycles. The minimum Gasteiger partial charge on any atom is -0.367 e. The number of hydrogen-bond donors (Lipinski definition) is 3. The third-order valence-electron chi connectivity index (χ3n) is 5.90. The van der Waals surface area contributed by atoms with Gasteiger partial charge in [0.05, 0.1) is 18.7 Å². The normalized spacial score (nSPS) is 17.3. The second kappa shape index (κ2) is 11.4. The van der Waals surface area contributed by atoms with Crippen LogP contribution in [0.4, 0.5) is 11.5 Å². The Morgan fingerprint density at radius 3 is 2.89 bits per heavy atom. The van der Waals surface area contributed by atoms with Gasteiger partial charge in [0.1, 0.15) is 17.8 Å². The van der Waals surface area contributed by atoms with Crippen LogP contribution < -0.4 is 15.8 Å². The van der Waals surface area contributed by atoms with E-state index in [1.165, 1.54) is 18.6 Å². The van der Waals surface area contributed by atoms with Gasteiger partial charge in [-0.3, -0.25) is 18.5 Å². The Morgan fingerprint density at radius 1 is 1.27 bits per heavy atom. The summed E-state index contributed by atoms with van der Waals surface area (Å²) < 4.78 is 28.4. The van der Waals surface area contributed by atoms with Gasteiger partial charge in [-0.2, -0.15) is 13.5 Å². The number of nitrogens with zero attached hydrogens (tertiary/aromatic N) is 4. The van der Waals surface area contributed by atoms with Gasteiger partial charge >= 0.3 is 10.3 Å². The molecule has 1 saturated carbocycles. The van der Waals surface area contributed by atoms with Crippen molar-refractivity contribution in [2.45, 2.75) is 31.8 Å². The van der Waals surface area contributed by atoms with Crippen molar-refractivity contribution >= 4 is 33.5 Å². The minimum atomic E-state index is -3.98. The van der Waals surface area contributed by atoms with Crippen LogP contribution in [0.15, 0.2) is 61.7 Å². The quantitative estimate of drug-likeness (QED) is 0.250. The van der Waals surface area contributed by atoms with Crippen LogP contribution in [0, 0.1) is 5.92 Å². The lowest BCUT2D eigenvalue weighted by Gasteiger charge is -2.15. The summed E-state index contributed by atoms with van der Waals surface area (Å²) >= 11 is 0. The number of nitrogens with one attached hydrogen (secondary N) is 2. The summed E-state index contributed by atoms with van der Waals surface area (Å²) in [6, 6.07) is 8.91. The number of nitrogens with two attached hydrogens (primary N) is 1. The molecule has 13 heteroatoms. The van der Waals surface area contributed by atoms with Crippen molar-refractivity contribution in [2.24, 2.45) is 11.1 Å². The van der Waals surface area contributed by atoms with Crippen molar-refractivity contribution in [3.8, 4) is 0 Å². The van der Waals surface area contributed by atoms with E-state index in [1.54, 1.807) is 23.0 Å². The Labute approximate surface area is 214 Å². The van der Waals surface area contributed by atoms with Crippen LogP contribution >= 0.6 is 0 Å². The van der Waals surface area contributed by atoms with E-state index in [-0.39, 0.29) is 41.5 Å². The molecule has 3 aromatic rings. The lowest BCUT2D eigenvalue weighted by molar-refractivity contribution is -0.111. The summed E-state index contributed by atoms with van der Waals surface area (Å²) in [4.78, 5) is 33.0. The Balaban J connectivity index is 1.41. The molecular formula is C24H27N7O5S. The highest BCUT2D eigenvalue weighted by molar-refractivity contribution is 7.84. The lowest BCUT2D eigenvalue weighted by atomic mass is 10.1. The molecule has 1 amide bonds. The zero-order valence-corrected chi connectivity index (χ0v) is 20.7. The summed E-state index contributed by atoms with van der Waals surface area (Å²) in [7, 11) is -3.98. The first-order valence-electron chi connectivity index (χ1n) is 11.5. The van der Waals surface area contributed by atoms with Crippen LogP contribution in [0.5, 0.6) is 0 Å². The van der Waals surface area contributed by atoms with Crippen LogP contribution in [0.3, 0.4) is 0 Å². The summed E-state index contributed by atoms with van der Waals surface area (Å²) in [5.74, 6) is -0.223. The molecule has 37 heavy (non-hydrogen) atoms. The first-order chi connectivity index (χ1) is 17.7. The highest BCUT2D eigenvalue weighted by atomic mass is 32.2. The SMILES string of the molecule is C=CC(=O)Nc1cccc(Cn2ccc(C(=O)c3cncnc3N[C@H]3CC[C@@H](COS(N)(=O)=O)C3)n2)c1. The van der Waals surface area contributed by atoms with E-state index in [9.17, 15) is 18.0 Å². The van der Waals surface area contributed by atoms with Crippen molar-refractivity contribution in [3.63, 3.8) is 0 Å². The Kier molecular flexibility index (Phi) is 8.06. The predicted molar refractivity (Wildman–Crippen MR) is 136 cm³/mol. The highest BCUT2D eigenvalue weighted by Crippen LogP contribution is 2.29. The number of aromatic nitrogens is 4. The number of amides is 1. The lowest BCUT2D eigenvalue weighted by Crippen LogP contribution is -2.22. The first kappa shape index (κ1) is 26.1. The van der Waals surface area contributed by atoms with Crippen molar-refractivity contribution < 1.29 is 22.2 Å². The Hall–Kier alpha value is -3.94. The second-order valence-electron chi connectivity index (χ2n) is 8.70. The largest absolute Gasteiger partial charge is 0.367 e. The molecule has 1 aliphatic carbocycles. The molecule has 1 aromatic carbocycles. The average Bonchev–Trinajstić information content (AvgIpc) is 3.52. The van der Waals surface area contributed by atoms with E-state index in [0.717, 1.165) is 18.4 Å². The molecule has 12 nitrogen and oxygen atoms in total. The molecule has 0 bridgehead atoms. The van der Waals surface area contributed by atoms with Crippen LogP contribution in [0.25, 0.3) is 0 Å². The summed E-state index contributed by atoms with van der Waals surface area (Å²) in [6.07, 6.45) is 7.86. The van der Waals surface area contributed by atoms with Gasteiger partial charge in [0.25, 0.3) is 0 Å². The number of carbonyl (C=O) groups excluding carboxylic acids is 2. The van der Waals surface area contributed by atoms with Gasteiger partial charge < -0.3 is 10.6 Å². The molecule has 4 N–H and O–H groups in total. The number of anilines is 2. The van der Waals surface area contributed by atoms with E-state index in [4.69, 9.17) is 9.32 Å². The van der Waals surface area contributed by atoms with E-state index in [2.05, 4.69) is 32.3 Å². The number of ketones is 1. The van der Waals surface area contributed by atoms with Crippen LogP contribution in [-0.4, -0.2) is 52.5 Å². The molecule has 4 rings (SSSR count). The third kappa shape index (κ3) is 7.29. The molecule has 0 unspecified atom stereocenters. The zero-order chi connectivity index (χ0) is 26.4. The Bertz CT molecular complexity index is 1410. The smallest absolute Gasteiger partial charge is 0.333 e. The Morgan fingerprint density at radius 2 is 2.11 bits per heavy atom. The van der Waals surface area contributed by atoms with Gasteiger partial charge in [-0.05, 0) is 55.0 Å². The van der Waals surface area contributed by atoms with Gasteiger partial charge in [-0.1, -0.05) is 18.7 Å². The summed E-state index contributed by atoms with van der Waals surface area (Å²) in [6.45, 7) is 3.86. The minimum absolute atomic E-state index is 0.0121. The van der Waals surface area contributed by atoms with Gasteiger partial charge in [0.2, 0.25) is 11.7 Å². The van der Waals surface area contributed by atoms with E-state index in [1.807, 2.05) is 18.2 Å². The standard InChI is InChI=1S/C24H27N7O5S/c1-2-22(32)28-18-5-3-4-16(10-18)13-31-9-8-21(30-31)23(33)20-12-26-15-27-24(20)29-19-7-6-17(11-19)14-36-37(25,34)35/h2-5,8-10,12,15,17,19H,1,6-7,11,13-14H2,(H,28,32)(H2,25,34,35)(H,26,27,29)/t17-,19+/m1/s1. The summed E-state index contributed by atoms with van der Waals surface area (Å²) in [5.41, 5.74) is 2.04. The van der Waals surface area contributed by atoms with Gasteiger partial charge in [0, 0.05) is 24.1 Å². The monoisotopic (exact) mass is 525 g/mol. The molecule has 2 atom stereocenters. The van der Waals surface area contributed by atoms with Crippen molar-refractivity contribution in [3.05, 3.63) is 78.5 Å². The number of carbonyl (C=O) groups is 2. The fourth-order valence-corrected chi connectivity index (χ4v) is 4.57. The zero-order valence-electron chi connectivity index (χ0n) is 19.9. The highest BCUT2D eigenvalue weighted by Gasteiger charge is 2.28. The number of benzene rings is 1. The van der Waals surface area contributed by atoms with Crippen molar-refractivity contribution in [2.75, 3.05) is 17.2 Å². The van der Waals surface area contributed by atoms with Crippen LogP contribution in [0.1, 0.15) is 40.9 Å². The summed E-state index contributed by atoms with van der Waals surface area (Å²) in [5, 5.41) is 15.3. The van der Waals surface area contributed by atoms with Crippen molar-refractivity contribution in [1.82, 2.24) is 19.7 Å². The molecule has 1 fully saturated rings. The van der Waals surface area contributed by atoms with E-state index in [0.29, 0.717) is 24.5 Å². The number of hydrogen-bond acceptors (Lipinski definition) is 9. The maximum Gasteiger partial charge on any atom is 0.333 e.